The Kier molecular flexibility index (Phi) is 6.63. The minimum absolute atomic E-state index is 0.559. The summed E-state index contributed by atoms with van der Waals surface area (Å²) in [6, 6.07) is 63.4. The molecule has 6 nitrogen and oxygen atoms in total. The molecule has 0 radical (unpaired) electrons. The number of furan rings is 2. The van der Waals surface area contributed by atoms with Gasteiger partial charge in [0.25, 0.3) is 0 Å². The van der Waals surface area contributed by atoms with Gasteiger partial charge in [0, 0.05) is 60.5 Å². The van der Waals surface area contributed by atoms with Crippen molar-refractivity contribution >= 4 is 87.2 Å². The van der Waals surface area contributed by atoms with Crippen LogP contribution in [0.1, 0.15) is 0 Å². The van der Waals surface area contributed by atoms with Gasteiger partial charge in [-0.25, -0.2) is 15.0 Å². The molecule has 274 valence electrons. The van der Waals surface area contributed by atoms with Gasteiger partial charge in [0.15, 0.2) is 17.5 Å². The smallest absolute Gasteiger partial charge is 0.164 e. The lowest BCUT2D eigenvalue weighted by Gasteiger charge is -2.13. The summed E-state index contributed by atoms with van der Waals surface area (Å²) in [5, 5.41) is 11.4. The maximum Gasteiger partial charge on any atom is 0.164 e. The van der Waals surface area contributed by atoms with Gasteiger partial charge in [-0.15, -0.1) is 0 Å². The van der Waals surface area contributed by atoms with E-state index in [1.165, 1.54) is 21.5 Å². The number of para-hydroxylation sites is 2. The number of nitrogens with zero attached hydrogens (tertiary/aromatic N) is 4. The first-order chi connectivity index (χ1) is 29.2. The lowest BCUT2D eigenvalue weighted by atomic mass is 10.0. The molecule has 4 heterocycles. The second-order valence-corrected chi connectivity index (χ2v) is 15.2. The summed E-state index contributed by atoms with van der Waals surface area (Å²) < 4.78 is 15.5. The predicted molar refractivity (Wildman–Crippen MR) is 240 cm³/mol. The summed E-state index contributed by atoms with van der Waals surface area (Å²) in [6.07, 6.45) is 0. The van der Waals surface area contributed by atoms with Crippen molar-refractivity contribution in [3.8, 4) is 39.9 Å². The first kappa shape index (κ1) is 32.0. The molecule has 0 saturated carbocycles. The Morgan fingerprint density at radius 3 is 1.66 bits per heavy atom. The van der Waals surface area contributed by atoms with Crippen molar-refractivity contribution in [3.05, 3.63) is 182 Å². The van der Waals surface area contributed by atoms with Crippen molar-refractivity contribution < 1.29 is 8.83 Å². The first-order valence-electron chi connectivity index (χ1n) is 19.8. The molecular formula is C53H30N4O2. The van der Waals surface area contributed by atoms with Crippen LogP contribution in [0.3, 0.4) is 0 Å². The Morgan fingerprint density at radius 2 is 0.881 bits per heavy atom. The lowest BCUT2D eigenvalue weighted by Crippen LogP contribution is -2.00. The SMILES string of the molecule is c1ccc(-c2nc(-c3ccc4c(c3)oc3ccccc34)nc(-c3ccc4c(c3)oc3cc(-n5c6ccccc6c6cc7ccccc7cc65)c5ccccc5c34)n2)cc1. The standard InChI is InChI=1S/C53H30N4O2/c1-2-12-31(13-3-1)51-54-52(34-22-24-39-38-18-9-11-21-46(38)58-47(39)28-34)56-53(55-51)35-23-25-41-48(29-35)59-49-30-45(36-16-6-7-19-40(36)50(41)49)57-43-20-10-8-17-37(43)42-26-32-14-4-5-15-33(32)27-44(42)57/h1-30H. The van der Waals surface area contributed by atoms with Crippen LogP contribution in [-0.4, -0.2) is 19.5 Å². The van der Waals surface area contributed by atoms with Gasteiger partial charge in [-0.2, -0.15) is 0 Å². The fourth-order valence-corrected chi connectivity index (χ4v) is 9.08. The summed E-state index contributed by atoms with van der Waals surface area (Å²) in [5.74, 6) is 1.72. The molecule has 6 heteroatoms. The normalized spacial score (nSPS) is 12.1. The van der Waals surface area contributed by atoms with Crippen LogP contribution < -0.4 is 0 Å². The average molecular weight is 755 g/mol. The molecule has 4 aromatic heterocycles. The highest BCUT2D eigenvalue weighted by molar-refractivity contribution is 6.22. The van der Waals surface area contributed by atoms with E-state index >= 15 is 0 Å². The maximum absolute atomic E-state index is 6.87. The quantitative estimate of drug-likeness (QED) is 0.179. The molecule has 9 aromatic carbocycles. The minimum Gasteiger partial charge on any atom is -0.456 e. The second kappa shape index (κ2) is 12.2. The molecule has 13 rings (SSSR count). The second-order valence-electron chi connectivity index (χ2n) is 15.2. The van der Waals surface area contributed by atoms with Gasteiger partial charge in [-0.3, -0.25) is 0 Å². The molecule has 0 unspecified atom stereocenters. The Morgan fingerprint density at radius 1 is 0.322 bits per heavy atom. The van der Waals surface area contributed by atoms with E-state index in [4.69, 9.17) is 23.8 Å². The molecule has 0 saturated heterocycles. The van der Waals surface area contributed by atoms with Crippen molar-refractivity contribution in [2.45, 2.75) is 0 Å². The average Bonchev–Trinajstić information content (AvgIpc) is 3.96. The molecule has 0 atom stereocenters. The van der Waals surface area contributed by atoms with E-state index in [9.17, 15) is 0 Å². The molecule has 0 aliphatic carbocycles. The lowest BCUT2D eigenvalue weighted by molar-refractivity contribution is 0.668. The van der Waals surface area contributed by atoms with E-state index in [0.717, 1.165) is 88.1 Å². The molecule has 13 aromatic rings. The predicted octanol–water partition coefficient (Wildman–Crippen LogP) is 14.1. The van der Waals surface area contributed by atoms with Gasteiger partial charge < -0.3 is 13.4 Å². The number of benzene rings is 9. The highest BCUT2D eigenvalue weighted by Crippen LogP contribution is 2.42. The molecule has 59 heavy (non-hydrogen) atoms. The topological polar surface area (TPSA) is 69.9 Å². The van der Waals surface area contributed by atoms with Crippen LogP contribution in [0.15, 0.2) is 191 Å². The van der Waals surface area contributed by atoms with Crippen LogP contribution in [0.4, 0.5) is 0 Å². The zero-order valence-corrected chi connectivity index (χ0v) is 31.4. The van der Waals surface area contributed by atoms with Crippen LogP contribution in [0.25, 0.3) is 127 Å². The van der Waals surface area contributed by atoms with E-state index in [0.29, 0.717) is 17.5 Å². The molecule has 0 fully saturated rings. The van der Waals surface area contributed by atoms with Crippen molar-refractivity contribution in [2.75, 3.05) is 0 Å². The van der Waals surface area contributed by atoms with Gasteiger partial charge in [-0.1, -0.05) is 127 Å². The van der Waals surface area contributed by atoms with Gasteiger partial charge in [-0.05, 0) is 64.7 Å². The molecule has 0 aliphatic heterocycles. The molecule has 0 amide bonds. The van der Waals surface area contributed by atoms with Crippen molar-refractivity contribution in [3.63, 3.8) is 0 Å². The summed E-state index contributed by atoms with van der Waals surface area (Å²) in [6.45, 7) is 0. The highest BCUT2D eigenvalue weighted by atomic mass is 16.3. The van der Waals surface area contributed by atoms with Gasteiger partial charge in [0.2, 0.25) is 0 Å². The Labute approximate surface area is 336 Å². The highest BCUT2D eigenvalue weighted by Gasteiger charge is 2.21. The zero-order chi connectivity index (χ0) is 38.6. The number of hydrogen-bond acceptors (Lipinski definition) is 5. The van der Waals surface area contributed by atoms with Gasteiger partial charge >= 0.3 is 0 Å². The molecule has 0 bridgehead atoms. The summed E-state index contributed by atoms with van der Waals surface area (Å²) in [7, 11) is 0. The summed E-state index contributed by atoms with van der Waals surface area (Å²) >= 11 is 0. The first-order valence-corrected chi connectivity index (χ1v) is 19.8. The van der Waals surface area contributed by atoms with Crippen LogP contribution in [-0.2, 0) is 0 Å². The van der Waals surface area contributed by atoms with Crippen molar-refractivity contribution in [1.82, 2.24) is 19.5 Å². The third-order valence-corrected chi connectivity index (χ3v) is 11.8. The number of hydrogen-bond donors (Lipinski definition) is 0. The van der Waals surface area contributed by atoms with Crippen molar-refractivity contribution in [1.29, 1.82) is 0 Å². The maximum atomic E-state index is 6.87. The third kappa shape index (κ3) is 4.84. The molecule has 0 aliphatic rings. The zero-order valence-electron chi connectivity index (χ0n) is 31.4. The monoisotopic (exact) mass is 754 g/mol. The Balaban J connectivity index is 1.01. The van der Waals surface area contributed by atoms with E-state index in [2.05, 4.69) is 132 Å². The fourth-order valence-electron chi connectivity index (χ4n) is 9.08. The molecular weight excluding hydrogens is 725 g/mol. The van der Waals surface area contributed by atoms with E-state index in [1.807, 2.05) is 54.6 Å². The fraction of sp³-hybridized carbons (Fsp3) is 0. The molecule has 0 N–H and O–H groups in total. The summed E-state index contributed by atoms with van der Waals surface area (Å²) in [4.78, 5) is 15.1. The van der Waals surface area contributed by atoms with Gasteiger partial charge in [0.05, 0.1) is 16.7 Å². The number of rotatable bonds is 4. The van der Waals surface area contributed by atoms with E-state index in [-0.39, 0.29) is 0 Å². The molecule has 0 spiro atoms. The van der Waals surface area contributed by atoms with E-state index in [1.54, 1.807) is 0 Å². The van der Waals surface area contributed by atoms with Crippen LogP contribution >= 0.6 is 0 Å². The van der Waals surface area contributed by atoms with Gasteiger partial charge in [0.1, 0.15) is 22.3 Å². The van der Waals surface area contributed by atoms with Crippen molar-refractivity contribution in [2.24, 2.45) is 0 Å². The number of fused-ring (bicyclic) bond motifs is 12. The van der Waals surface area contributed by atoms with Crippen LogP contribution in [0.2, 0.25) is 0 Å². The van der Waals surface area contributed by atoms with Crippen LogP contribution in [0, 0.1) is 0 Å². The largest absolute Gasteiger partial charge is 0.456 e. The van der Waals surface area contributed by atoms with Crippen LogP contribution in [0.5, 0.6) is 0 Å². The Bertz CT molecular complexity index is 3860. The minimum atomic E-state index is 0.559. The van der Waals surface area contributed by atoms with E-state index < -0.39 is 0 Å². The summed E-state index contributed by atoms with van der Waals surface area (Å²) in [5.41, 5.74) is 9.19. The Hall–Kier alpha value is -8.09. The number of aromatic nitrogens is 4. The third-order valence-electron chi connectivity index (χ3n) is 11.8.